The van der Waals surface area contributed by atoms with Crippen molar-refractivity contribution in [3.8, 4) is 5.75 Å². The molecule has 0 amide bonds. The van der Waals surface area contributed by atoms with Gasteiger partial charge in [-0.1, -0.05) is 18.5 Å². The molecule has 0 saturated carbocycles. The Morgan fingerprint density at radius 2 is 1.76 bits per heavy atom. The Morgan fingerprint density at radius 1 is 1.08 bits per heavy atom. The minimum atomic E-state index is -3.97. The van der Waals surface area contributed by atoms with E-state index in [1.165, 1.54) is 31.4 Å². The molecule has 0 atom stereocenters. The van der Waals surface area contributed by atoms with E-state index >= 15 is 0 Å². The summed E-state index contributed by atoms with van der Waals surface area (Å²) in [6, 6.07) is 10.4. The van der Waals surface area contributed by atoms with Crippen molar-refractivity contribution >= 4 is 87.2 Å². The molecular formula is C24H30Cl4N4O5S. The van der Waals surface area contributed by atoms with Gasteiger partial charge in [0.15, 0.2) is 0 Å². The quantitative estimate of drug-likeness (QED) is 0.351. The Morgan fingerprint density at radius 3 is 2.34 bits per heavy atom. The predicted octanol–water partition coefficient (Wildman–Crippen LogP) is 5.19. The molecule has 2 N–H and O–H groups in total. The third-order valence-corrected chi connectivity index (χ3v) is 7.62. The van der Waals surface area contributed by atoms with Crippen LogP contribution in [0.2, 0.25) is 5.02 Å². The molecule has 0 bridgehead atoms. The Bertz CT molecular complexity index is 1370. The maximum absolute atomic E-state index is 12.9. The Balaban J connectivity index is 0.00000241. The van der Waals surface area contributed by atoms with E-state index in [9.17, 15) is 18.3 Å². The van der Waals surface area contributed by atoms with Gasteiger partial charge in [0.2, 0.25) is 0 Å². The second-order valence-corrected chi connectivity index (χ2v) is 10.4. The lowest BCUT2D eigenvalue weighted by Crippen LogP contribution is -2.46. The van der Waals surface area contributed by atoms with Crippen LogP contribution in [0, 0.1) is 0 Å². The van der Waals surface area contributed by atoms with Gasteiger partial charge in [-0.3, -0.25) is 9.62 Å². The number of hydrogen-bond acceptors (Lipinski definition) is 7. The molecule has 2 aromatic carbocycles. The molecule has 0 unspecified atom stereocenters. The van der Waals surface area contributed by atoms with Crippen LogP contribution in [0.15, 0.2) is 47.4 Å². The highest BCUT2D eigenvalue weighted by Crippen LogP contribution is 2.30. The zero-order chi connectivity index (χ0) is 25.2. The summed E-state index contributed by atoms with van der Waals surface area (Å²) < 4.78 is 33.3. The molecule has 3 aromatic rings. The number of benzene rings is 2. The number of aromatic nitrogens is 1. The number of piperazine rings is 1. The van der Waals surface area contributed by atoms with Crippen molar-refractivity contribution < 1.29 is 23.1 Å². The molecule has 0 spiro atoms. The van der Waals surface area contributed by atoms with Crippen LogP contribution in [0.1, 0.15) is 23.7 Å². The Hall–Kier alpha value is -2.21. The van der Waals surface area contributed by atoms with Gasteiger partial charge in [-0.15, -0.1) is 37.2 Å². The number of carbonyl (C=O) groups is 1. The number of anilines is 2. The number of pyridine rings is 1. The predicted molar refractivity (Wildman–Crippen MR) is 158 cm³/mol. The van der Waals surface area contributed by atoms with Gasteiger partial charge in [-0.25, -0.2) is 18.2 Å². The SMILES string of the molecule is CCCN1CCN(c2cc(C(=O)O)c3cc(NS(=O)(=O)c4ccc(OC)c(Cl)c4)ccc3n2)CC1.Cl.Cl.Cl. The Kier molecular flexibility index (Phi) is 12.7. The van der Waals surface area contributed by atoms with E-state index in [1.807, 2.05) is 0 Å². The molecule has 1 aromatic heterocycles. The molecule has 9 nitrogen and oxygen atoms in total. The maximum Gasteiger partial charge on any atom is 0.336 e. The van der Waals surface area contributed by atoms with Crippen LogP contribution in [0.3, 0.4) is 0 Å². The molecule has 0 radical (unpaired) electrons. The van der Waals surface area contributed by atoms with Gasteiger partial charge >= 0.3 is 5.97 Å². The fraction of sp³-hybridized carbons (Fsp3) is 0.333. The zero-order valence-corrected chi connectivity index (χ0v) is 24.7. The summed E-state index contributed by atoms with van der Waals surface area (Å²) in [6.07, 6.45) is 1.09. The van der Waals surface area contributed by atoms with Crippen LogP contribution < -0.4 is 14.4 Å². The van der Waals surface area contributed by atoms with Gasteiger partial charge in [-0.05, 0) is 55.4 Å². The van der Waals surface area contributed by atoms with Gasteiger partial charge in [-0.2, -0.15) is 0 Å². The molecule has 2 heterocycles. The maximum atomic E-state index is 12.9. The average molecular weight is 628 g/mol. The molecule has 4 rings (SSSR count). The van der Waals surface area contributed by atoms with E-state index in [4.69, 9.17) is 16.3 Å². The molecule has 1 saturated heterocycles. The first-order valence-corrected chi connectivity index (χ1v) is 13.1. The fourth-order valence-electron chi connectivity index (χ4n) is 4.16. The van der Waals surface area contributed by atoms with E-state index in [0.717, 1.165) is 39.1 Å². The number of methoxy groups -OCH3 is 1. The van der Waals surface area contributed by atoms with Gasteiger partial charge in [0.05, 0.1) is 28.1 Å². The highest BCUT2D eigenvalue weighted by atomic mass is 35.5. The first kappa shape index (κ1) is 33.8. The van der Waals surface area contributed by atoms with E-state index in [0.29, 0.717) is 22.5 Å². The smallest absolute Gasteiger partial charge is 0.336 e. The summed E-state index contributed by atoms with van der Waals surface area (Å²) in [6.45, 7) is 6.51. The molecule has 0 aliphatic carbocycles. The fourth-order valence-corrected chi connectivity index (χ4v) is 5.56. The van der Waals surface area contributed by atoms with Crippen LogP contribution in [-0.4, -0.2) is 69.2 Å². The van der Waals surface area contributed by atoms with E-state index in [-0.39, 0.29) is 58.4 Å². The van der Waals surface area contributed by atoms with Crippen LogP contribution in [0.4, 0.5) is 11.5 Å². The molecular weight excluding hydrogens is 598 g/mol. The highest BCUT2D eigenvalue weighted by molar-refractivity contribution is 7.92. The summed E-state index contributed by atoms with van der Waals surface area (Å²) in [5.74, 6) is -0.145. The third kappa shape index (κ3) is 7.46. The standard InChI is InChI=1S/C24H27ClN4O5S.3ClH/c1-3-8-28-9-11-29(12-10-28)23-15-19(24(30)31)18-13-16(4-6-21(18)26-23)27-35(32,33)17-5-7-22(34-2)20(25)14-17;;;/h4-7,13-15,27H,3,8-12H2,1-2H3,(H,30,31);3*1H. The molecule has 1 fully saturated rings. The summed E-state index contributed by atoms with van der Waals surface area (Å²) in [7, 11) is -2.53. The molecule has 1 aliphatic heterocycles. The van der Waals surface area contributed by atoms with Crippen molar-refractivity contribution in [2.24, 2.45) is 0 Å². The van der Waals surface area contributed by atoms with E-state index < -0.39 is 16.0 Å². The number of hydrogen-bond donors (Lipinski definition) is 2. The van der Waals surface area contributed by atoms with E-state index in [2.05, 4.69) is 26.4 Å². The minimum absolute atomic E-state index is 0. The largest absolute Gasteiger partial charge is 0.495 e. The second kappa shape index (κ2) is 14.3. The van der Waals surface area contributed by atoms with Crippen molar-refractivity contribution in [1.29, 1.82) is 0 Å². The normalized spacial score (nSPS) is 13.6. The number of rotatable bonds is 8. The lowest BCUT2D eigenvalue weighted by molar-refractivity contribution is 0.0699. The zero-order valence-electron chi connectivity index (χ0n) is 20.7. The number of aromatic carboxylic acids is 1. The van der Waals surface area contributed by atoms with Gasteiger partial charge in [0.1, 0.15) is 11.6 Å². The molecule has 14 heteroatoms. The second-order valence-electron chi connectivity index (χ2n) is 8.30. The molecule has 1 aliphatic rings. The van der Waals surface area contributed by atoms with Crippen molar-refractivity contribution in [1.82, 2.24) is 9.88 Å². The van der Waals surface area contributed by atoms with Crippen LogP contribution in [0.25, 0.3) is 10.9 Å². The lowest BCUT2D eigenvalue weighted by atomic mass is 10.1. The van der Waals surface area contributed by atoms with Gasteiger partial charge in [0.25, 0.3) is 10.0 Å². The number of ether oxygens (including phenoxy) is 1. The van der Waals surface area contributed by atoms with Crippen LogP contribution >= 0.6 is 48.8 Å². The number of halogens is 4. The number of carboxylic acids is 1. The van der Waals surface area contributed by atoms with Gasteiger partial charge < -0.3 is 14.7 Å². The number of nitrogens with zero attached hydrogens (tertiary/aromatic N) is 3. The topological polar surface area (TPSA) is 112 Å². The number of sulfonamides is 1. The summed E-state index contributed by atoms with van der Waals surface area (Å²) in [5.41, 5.74) is 0.760. The molecule has 38 heavy (non-hydrogen) atoms. The first-order valence-electron chi connectivity index (χ1n) is 11.2. The van der Waals surface area contributed by atoms with E-state index in [1.54, 1.807) is 18.2 Å². The average Bonchev–Trinajstić information content (AvgIpc) is 2.83. The molecule has 210 valence electrons. The van der Waals surface area contributed by atoms with Crippen molar-refractivity contribution in [3.63, 3.8) is 0 Å². The van der Waals surface area contributed by atoms with Gasteiger partial charge in [0, 0.05) is 37.3 Å². The van der Waals surface area contributed by atoms with Crippen molar-refractivity contribution in [2.75, 3.05) is 49.5 Å². The number of fused-ring (bicyclic) bond motifs is 1. The summed E-state index contributed by atoms with van der Waals surface area (Å²) in [4.78, 5) is 21.2. The van der Waals surface area contributed by atoms with Crippen molar-refractivity contribution in [3.05, 3.63) is 53.1 Å². The summed E-state index contributed by atoms with van der Waals surface area (Å²) >= 11 is 6.08. The van der Waals surface area contributed by atoms with Crippen molar-refractivity contribution in [2.45, 2.75) is 18.2 Å². The van der Waals surface area contributed by atoms with Crippen LogP contribution in [0.5, 0.6) is 5.75 Å². The summed E-state index contributed by atoms with van der Waals surface area (Å²) in [5, 5.41) is 10.4. The first-order chi connectivity index (χ1) is 16.7. The minimum Gasteiger partial charge on any atom is -0.495 e. The Labute approximate surface area is 245 Å². The third-order valence-electron chi connectivity index (χ3n) is 5.95. The highest BCUT2D eigenvalue weighted by Gasteiger charge is 2.22. The monoisotopic (exact) mass is 626 g/mol. The lowest BCUT2D eigenvalue weighted by Gasteiger charge is -2.35. The number of carboxylic acid groups (broad SMARTS) is 1. The number of nitrogens with one attached hydrogen (secondary N) is 1. The van der Waals surface area contributed by atoms with Crippen LogP contribution in [-0.2, 0) is 10.0 Å².